The van der Waals surface area contributed by atoms with E-state index in [0.717, 1.165) is 17.3 Å². The maximum absolute atomic E-state index is 13.0. The highest BCUT2D eigenvalue weighted by Gasteiger charge is 2.39. The first kappa shape index (κ1) is 16.2. The van der Waals surface area contributed by atoms with Crippen molar-refractivity contribution in [3.8, 4) is 0 Å². The Morgan fingerprint density at radius 3 is 2.68 bits per heavy atom. The number of H-pyrrole nitrogens is 1. The smallest absolute Gasteiger partial charge is 0.269 e. The molecule has 3 heterocycles. The van der Waals surface area contributed by atoms with Gasteiger partial charge in [-0.2, -0.15) is 15.1 Å². The summed E-state index contributed by atoms with van der Waals surface area (Å²) in [6.45, 7) is 5.39. The Morgan fingerprint density at radius 2 is 1.96 bits per heavy atom. The monoisotopic (exact) mass is 372 g/mol. The number of aliphatic imine (C=N–C) groups is 1. The molecule has 1 N–H and O–H groups in total. The van der Waals surface area contributed by atoms with Gasteiger partial charge in [0.15, 0.2) is 5.17 Å². The summed E-state index contributed by atoms with van der Waals surface area (Å²) >= 11 is 3.03. The number of amides is 1. The van der Waals surface area contributed by atoms with Crippen molar-refractivity contribution in [3.05, 3.63) is 40.5 Å². The molecule has 1 aromatic heterocycles. The highest BCUT2D eigenvalue weighted by Crippen LogP contribution is 2.50. The van der Waals surface area contributed by atoms with Gasteiger partial charge in [0.2, 0.25) is 5.95 Å². The zero-order valence-electron chi connectivity index (χ0n) is 13.8. The standard InChI is InChI=1S/C16H16N6OS2/c1-3-21-10-7-5-6-8-11(10)24-14(21)12-13(23)22(4-2)16(25-12)19-15-17-9-18-20-15/h5-9H,3-4H2,1-2H3,(H,17,18,20)/b14-12-,19-16-. The molecule has 7 nitrogen and oxygen atoms in total. The molecule has 1 fully saturated rings. The van der Waals surface area contributed by atoms with Gasteiger partial charge >= 0.3 is 0 Å². The molecule has 0 unspecified atom stereocenters. The van der Waals surface area contributed by atoms with Crippen molar-refractivity contribution in [3.63, 3.8) is 0 Å². The van der Waals surface area contributed by atoms with Crippen LogP contribution in [0.3, 0.4) is 0 Å². The van der Waals surface area contributed by atoms with Crippen LogP contribution in [0.2, 0.25) is 0 Å². The highest BCUT2D eigenvalue weighted by atomic mass is 32.2. The fourth-order valence-electron chi connectivity index (χ4n) is 2.76. The minimum absolute atomic E-state index is 0.0143. The minimum atomic E-state index is -0.0143. The van der Waals surface area contributed by atoms with Crippen LogP contribution in [0.25, 0.3) is 0 Å². The Morgan fingerprint density at radius 1 is 1.16 bits per heavy atom. The van der Waals surface area contributed by atoms with Gasteiger partial charge < -0.3 is 4.90 Å². The maximum Gasteiger partial charge on any atom is 0.269 e. The van der Waals surface area contributed by atoms with E-state index in [1.807, 2.05) is 19.1 Å². The number of fused-ring (bicyclic) bond motifs is 1. The molecule has 25 heavy (non-hydrogen) atoms. The molecule has 2 aliphatic heterocycles. The number of aromatic nitrogens is 3. The summed E-state index contributed by atoms with van der Waals surface area (Å²) in [5.74, 6) is 0.384. The molecule has 4 rings (SSSR count). The summed E-state index contributed by atoms with van der Waals surface area (Å²) in [6.07, 6.45) is 1.40. The number of hydrogen-bond acceptors (Lipinski definition) is 7. The number of hydrogen-bond donors (Lipinski definition) is 1. The van der Waals surface area contributed by atoms with Crippen LogP contribution < -0.4 is 4.90 Å². The van der Waals surface area contributed by atoms with E-state index in [0.29, 0.717) is 22.6 Å². The van der Waals surface area contributed by atoms with Crippen molar-refractivity contribution in [2.75, 3.05) is 18.0 Å². The number of anilines is 1. The van der Waals surface area contributed by atoms with E-state index in [1.54, 1.807) is 16.7 Å². The number of likely N-dealkylation sites (N-methyl/N-ethyl adjacent to an activating group) is 1. The number of nitrogens with zero attached hydrogens (tertiary/aromatic N) is 5. The van der Waals surface area contributed by atoms with E-state index in [-0.39, 0.29) is 5.91 Å². The molecule has 1 aromatic carbocycles. The van der Waals surface area contributed by atoms with Gasteiger partial charge in [0, 0.05) is 18.0 Å². The number of amidine groups is 1. The number of carbonyl (C=O) groups is 1. The summed E-state index contributed by atoms with van der Waals surface area (Å²) in [6, 6.07) is 8.21. The molecule has 0 atom stereocenters. The topological polar surface area (TPSA) is 77.5 Å². The van der Waals surface area contributed by atoms with Gasteiger partial charge in [0.25, 0.3) is 5.91 Å². The Labute approximate surface area is 153 Å². The second-order valence-corrected chi connectivity index (χ2v) is 7.31. The number of carbonyl (C=O) groups excluding carboxylic acids is 1. The molecule has 2 aromatic rings. The van der Waals surface area contributed by atoms with E-state index >= 15 is 0 Å². The molecular weight excluding hydrogens is 356 g/mol. The number of thioether (sulfide) groups is 2. The minimum Gasteiger partial charge on any atom is -0.334 e. The van der Waals surface area contributed by atoms with Gasteiger partial charge in [-0.15, -0.1) is 0 Å². The Kier molecular flexibility index (Phi) is 4.26. The molecule has 0 saturated carbocycles. The normalized spacial score (nSPS) is 21.5. The molecule has 1 amide bonds. The predicted molar refractivity (Wildman–Crippen MR) is 101 cm³/mol. The number of para-hydroxylation sites is 1. The molecule has 0 aliphatic carbocycles. The lowest BCUT2D eigenvalue weighted by Gasteiger charge is -2.19. The second-order valence-electron chi connectivity index (χ2n) is 5.30. The van der Waals surface area contributed by atoms with Crippen LogP contribution in [-0.2, 0) is 4.79 Å². The van der Waals surface area contributed by atoms with Crippen LogP contribution in [0.4, 0.5) is 11.6 Å². The average Bonchev–Trinajstić information content (AvgIpc) is 3.32. The van der Waals surface area contributed by atoms with Crippen molar-refractivity contribution in [1.82, 2.24) is 20.1 Å². The lowest BCUT2D eigenvalue weighted by atomic mass is 10.3. The van der Waals surface area contributed by atoms with Gasteiger partial charge in [0.05, 0.1) is 5.69 Å². The summed E-state index contributed by atoms with van der Waals surface area (Å²) in [7, 11) is 0. The fraction of sp³-hybridized carbons (Fsp3) is 0.250. The van der Waals surface area contributed by atoms with Crippen molar-refractivity contribution in [2.45, 2.75) is 18.7 Å². The Bertz CT molecular complexity index is 877. The van der Waals surface area contributed by atoms with Crippen LogP contribution >= 0.6 is 23.5 Å². The highest BCUT2D eigenvalue weighted by molar-refractivity contribution is 8.19. The first-order valence-corrected chi connectivity index (χ1v) is 9.58. The van der Waals surface area contributed by atoms with E-state index in [4.69, 9.17) is 0 Å². The van der Waals surface area contributed by atoms with Crippen molar-refractivity contribution in [1.29, 1.82) is 0 Å². The number of rotatable bonds is 3. The van der Waals surface area contributed by atoms with Crippen molar-refractivity contribution < 1.29 is 4.79 Å². The van der Waals surface area contributed by atoms with Crippen molar-refractivity contribution in [2.24, 2.45) is 4.99 Å². The van der Waals surface area contributed by atoms with Gasteiger partial charge in [-0.05, 0) is 37.7 Å². The molecule has 128 valence electrons. The third-order valence-corrected chi connectivity index (χ3v) is 6.28. The molecular formula is C16H16N6OS2. The first-order chi connectivity index (χ1) is 12.2. The van der Waals surface area contributed by atoms with Crippen LogP contribution in [0.5, 0.6) is 0 Å². The largest absolute Gasteiger partial charge is 0.334 e. The third-order valence-electron chi connectivity index (χ3n) is 3.90. The van der Waals surface area contributed by atoms with E-state index in [1.165, 1.54) is 23.0 Å². The maximum atomic E-state index is 13.0. The summed E-state index contributed by atoms with van der Waals surface area (Å²) in [5, 5.41) is 8.11. The Balaban J connectivity index is 1.76. The molecule has 9 heteroatoms. The van der Waals surface area contributed by atoms with E-state index in [2.05, 4.69) is 44.1 Å². The third kappa shape index (κ3) is 2.73. The molecule has 1 saturated heterocycles. The number of nitrogens with one attached hydrogen (secondary N) is 1. The molecule has 0 radical (unpaired) electrons. The lowest BCUT2D eigenvalue weighted by molar-refractivity contribution is -0.122. The van der Waals surface area contributed by atoms with Crippen LogP contribution in [0.1, 0.15) is 13.8 Å². The second kappa shape index (κ2) is 6.57. The van der Waals surface area contributed by atoms with E-state index < -0.39 is 0 Å². The van der Waals surface area contributed by atoms with Crippen molar-refractivity contribution >= 4 is 46.2 Å². The SMILES string of the molecule is CCN1C(=O)/C(=C2/Sc3ccccc3N2CC)S/C1=N\c1ncn[nH]1. The number of aromatic amines is 1. The summed E-state index contributed by atoms with van der Waals surface area (Å²) in [4.78, 5) is 27.2. The zero-order chi connectivity index (χ0) is 17.4. The molecule has 2 aliphatic rings. The Hall–Kier alpha value is -2.26. The van der Waals surface area contributed by atoms with Crippen LogP contribution in [0.15, 0.2) is 50.4 Å². The number of benzene rings is 1. The van der Waals surface area contributed by atoms with Crippen LogP contribution in [-0.4, -0.2) is 44.2 Å². The predicted octanol–water partition coefficient (Wildman–Crippen LogP) is 3.19. The van der Waals surface area contributed by atoms with Gasteiger partial charge in [0.1, 0.15) is 16.3 Å². The quantitative estimate of drug-likeness (QED) is 0.834. The van der Waals surface area contributed by atoms with Gasteiger partial charge in [-0.25, -0.2) is 5.10 Å². The lowest BCUT2D eigenvalue weighted by Crippen LogP contribution is -2.29. The van der Waals surface area contributed by atoms with Gasteiger partial charge in [-0.3, -0.25) is 9.69 Å². The zero-order valence-corrected chi connectivity index (χ0v) is 15.4. The van der Waals surface area contributed by atoms with E-state index in [9.17, 15) is 4.79 Å². The van der Waals surface area contributed by atoms with Crippen LogP contribution in [0, 0.1) is 0 Å². The average molecular weight is 372 g/mol. The fourth-order valence-corrected chi connectivity index (χ4v) is 5.20. The van der Waals surface area contributed by atoms with Gasteiger partial charge in [-0.1, -0.05) is 23.9 Å². The summed E-state index contributed by atoms with van der Waals surface area (Å²) in [5.41, 5.74) is 1.15. The molecule has 0 spiro atoms. The first-order valence-electron chi connectivity index (χ1n) is 7.95. The molecule has 0 bridgehead atoms. The summed E-state index contributed by atoms with van der Waals surface area (Å²) < 4.78 is 0.